The van der Waals surface area contributed by atoms with Crippen LogP contribution in [0.25, 0.3) is 0 Å². The molecule has 2 N–H and O–H groups in total. The maximum Gasteiger partial charge on any atom is 0.162 e. The first-order valence-corrected chi connectivity index (χ1v) is 7.45. The van der Waals surface area contributed by atoms with E-state index >= 15 is 0 Å². The zero-order chi connectivity index (χ0) is 14.7. The van der Waals surface area contributed by atoms with E-state index in [4.69, 9.17) is 20.5 Å². The Bertz CT molecular complexity index is 710. The van der Waals surface area contributed by atoms with Gasteiger partial charge in [0.25, 0.3) is 0 Å². The van der Waals surface area contributed by atoms with E-state index < -0.39 is 0 Å². The van der Waals surface area contributed by atoms with Crippen LogP contribution in [-0.2, 0) is 0 Å². The lowest BCUT2D eigenvalue weighted by atomic mass is 10.2. The first-order valence-electron chi connectivity index (χ1n) is 6.63. The van der Waals surface area contributed by atoms with Crippen molar-refractivity contribution in [3.8, 4) is 17.6 Å². The van der Waals surface area contributed by atoms with Crippen LogP contribution in [0.1, 0.15) is 12.0 Å². The van der Waals surface area contributed by atoms with Gasteiger partial charge in [0.05, 0.1) is 24.8 Å². The molecule has 106 valence electrons. The van der Waals surface area contributed by atoms with Gasteiger partial charge in [-0.3, -0.25) is 0 Å². The number of nitrogens with zero attached hydrogens (tertiary/aromatic N) is 1. The molecule has 1 aliphatic heterocycles. The number of ether oxygens (including phenoxy) is 2. The van der Waals surface area contributed by atoms with Crippen LogP contribution < -0.4 is 15.2 Å². The molecule has 1 aliphatic rings. The number of nitrogen functional groups attached to an aromatic ring is 1. The highest BCUT2D eigenvalue weighted by atomic mass is 32.2. The van der Waals surface area contributed by atoms with Crippen molar-refractivity contribution in [1.82, 2.24) is 0 Å². The highest BCUT2D eigenvalue weighted by molar-refractivity contribution is 7.99. The lowest BCUT2D eigenvalue weighted by Crippen LogP contribution is -1.97. The first-order chi connectivity index (χ1) is 10.3. The zero-order valence-electron chi connectivity index (χ0n) is 11.3. The topological polar surface area (TPSA) is 68.3 Å². The number of hydrogen-bond acceptors (Lipinski definition) is 5. The van der Waals surface area contributed by atoms with Crippen LogP contribution in [0.15, 0.2) is 46.2 Å². The Morgan fingerprint density at radius 2 is 1.86 bits per heavy atom. The maximum atomic E-state index is 8.86. The fraction of sp³-hybridized carbons (Fsp3) is 0.188. The lowest BCUT2D eigenvalue weighted by molar-refractivity contribution is 0.297. The number of nitriles is 1. The predicted octanol–water partition coefficient (Wildman–Crippen LogP) is 3.45. The van der Waals surface area contributed by atoms with Crippen LogP contribution in [0.4, 0.5) is 5.69 Å². The molecule has 21 heavy (non-hydrogen) atoms. The largest absolute Gasteiger partial charge is 0.490 e. The predicted molar refractivity (Wildman–Crippen MR) is 81.7 cm³/mol. The quantitative estimate of drug-likeness (QED) is 0.860. The number of benzene rings is 2. The maximum absolute atomic E-state index is 8.86. The summed E-state index contributed by atoms with van der Waals surface area (Å²) in [6.07, 6.45) is 0.889. The molecule has 0 bridgehead atoms. The summed E-state index contributed by atoms with van der Waals surface area (Å²) < 4.78 is 11.3. The summed E-state index contributed by atoms with van der Waals surface area (Å²) in [4.78, 5) is 1.94. The third kappa shape index (κ3) is 3.06. The second-order valence-electron chi connectivity index (χ2n) is 4.63. The van der Waals surface area contributed by atoms with Gasteiger partial charge in [-0.1, -0.05) is 11.8 Å². The number of fused-ring (bicyclic) bond motifs is 1. The molecule has 0 aliphatic carbocycles. The average molecular weight is 298 g/mol. The summed E-state index contributed by atoms with van der Waals surface area (Å²) in [5.74, 6) is 1.55. The Morgan fingerprint density at radius 1 is 1.05 bits per heavy atom. The van der Waals surface area contributed by atoms with Gasteiger partial charge < -0.3 is 15.2 Å². The molecule has 0 saturated carbocycles. The number of nitrogens with two attached hydrogens (primary N) is 1. The van der Waals surface area contributed by atoms with Crippen molar-refractivity contribution < 1.29 is 9.47 Å². The molecular formula is C16H14N2O2S. The van der Waals surface area contributed by atoms with E-state index in [0.29, 0.717) is 24.5 Å². The Morgan fingerprint density at radius 3 is 2.62 bits per heavy atom. The molecular weight excluding hydrogens is 284 g/mol. The lowest BCUT2D eigenvalue weighted by Gasteiger charge is -2.10. The third-order valence-corrected chi connectivity index (χ3v) is 4.17. The summed E-state index contributed by atoms with van der Waals surface area (Å²) >= 11 is 1.54. The molecule has 0 amide bonds. The minimum Gasteiger partial charge on any atom is -0.490 e. The Kier molecular flexibility index (Phi) is 3.89. The van der Waals surface area contributed by atoms with Crippen LogP contribution in [0.2, 0.25) is 0 Å². The van der Waals surface area contributed by atoms with Gasteiger partial charge >= 0.3 is 0 Å². The smallest absolute Gasteiger partial charge is 0.162 e. The SMILES string of the molecule is N#Cc1ccc(Sc2ccc3c(c2)OCCCO3)c(N)c1. The van der Waals surface area contributed by atoms with Crippen LogP contribution in [0.5, 0.6) is 11.5 Å². The van der Waals surface area contributed by atoms with Crippen molar-refractivity contribution in [3.05, 3.63) is 42.0 Å². The van der Waals surface area contributed by atoms with Crippen molar-refractivity contribution in [2.24, 2.45) is 0 Å². The summed E-state index contributed by atoms with van der Waals surface area (Å²) in [6, 6.07) is 13.3. The van der Waals surface area contributed by atoms with Gasteiger partial charge in [-0.2, -0.15) is 5.26 Å². The van der Waals surface area contributed by atoms with E-state index in [-0.39, 0.29) is 0 Å². The van der Waals surface area contributed by atoms with Crippen molar-refractivity contribution in [3.63, 3.8) is 0 Å². The summed E-state index contributed by atoms with van der Waals surface area (Å²) in [5.41, 5.74) is 7.15. The second-order valence-corrected chi connectivity index (χ2v) is 5.74. The Hall–Kier alpha value is -2.32. The minimum atomic E-state index is 0.565. The molecule has 2 aromatic carbocycles. The molecule has 1 heterocycles. The van der Waals surface area contributed by atoms with Gasteiger partial charge in [0.1, 0.15) is 0 Å². The molecule has 0 atom stereocenters. The van der Waals surface area contributed by atoms with E-state index in [1.165, 1.54) is 0 Å². The van der Waals surface area contributed by atoms with Gasteiger partial charge in [-0.25, -0.2) is 0 Å². The summed E-state index contributed by atoms with van der Waals surface area (Å²) in [7, 11) is 0. The fourth-order valence-electron chi connectivity index (χ4n) is 2.05. The van der Waals surface area contributed by atoms with Crippen LogP contribution in [-0.4, -0.2) is 13.2 Å². The molecule has 0 unspecified atom stereocenters. The van der Waals surface area contributed by atoms with Crippen LogP contribution >= 0.6 is 11.8 Å². The standard InChI is InChI=1S/C16H14N2O2S/c17-10-11-2-5-16(13(18)8-11)21-12-3-4-14-15(9-12)20-7-1-6-19-14/h2-5,8-9H,1,6-7,18H2. The summed E-state index contributed by atoms with van der Waals surface area (Å²) in [6.45, 7) is 1.35. The van der Waals surface area contributed by atoms with Crippen LogP contribution in [0.3, 0.4) is 0 Å². The van der Waals surface area contributed by atoms with E-state index in [0.717, 1.165) is 27.7 Å². The number of rotatable bonds is 2. The molecule has 5 heteroatoms. The highest BCUT2D eigenvalue weighted by Crippen LogP contribution is 2.38. The third-order valence-electron chi connectivity index (χ3n) is 3.09. The van der Waals surface area contributed by atoms with Gasteiger partial charge in [0, 0.05) is 21.9 Å². The van der Waals surface area contributed by atoms with E-state index in [9.17, 15) is 0 Å². The second kappa shape index (κ2) is 5.98. The van der Waals surface area contributed by atoms with Crippen LogP contribution in [0, 0.1) is 11.3 Å². The molecule has 4 nitrogen and oxygen atoms in total. The van der Waals surface area contributed by atoms with Crippen molar-refractivity contribution in [2.45, 2.75) is 16.2 Å². The Labute approximate surface area is 127 Å². The Balaban J connectivity index is 1.85. The van der Waals surface area contributed by atoms with Gasteiger partial charge in [-0.15, -0.1) is 0 Å². The van der Waals surface area contributed by atoms with Crippen molar-refractivity contribution in [1.29, 1.82) is 5.26 Å². The van der Waals surface area contributed by atoms with Crippen molar-refractivity contribution >= 4 is 17.4 Å². The molecule has 0 spiro atoms. The highest BCUT2D eigenvalue weighted by Gasteiger charge is 2.12. The molecule has 0 aromatic heterocycles. The normalized spacial score (nSPS) is 13.3. The molecule has 0 fully saturated rings. The minimum absolute atomic E-state index is 0.565. The van der Waals surface area contributed by atoms with E-state index in [1.807, 2.05) is 24.3 Å². The van der Waals surface area contributed by atoms with Gasteiger partial charge in [0.15, 0.2) is 11.5 Å². The molecule has 0 saturated heterocycles. The molecule has 2 aromatic rings. The average Bonchev–Trinajstić information content (AvgIpc) is 2.74. The first kappa shape index (κ1) is 13.7. The van der Waals surface area contributed by atoms with Crippen molar-refractivity contribution in [2.75, 3.05) is 18.9 Å². The zero-order valence-corrected chi connectivity index (χ0v) is 12.2. The molecule has 3 rings (SSSR count). The summed E-state index contributed by atoms with van der Waals surface area (Å²) in [5, 5.41) is 8.86. The number of hydrogen-bond donors (Lipinski definition) is 1. The fourth-order valence-corrected chi connectivity index (χ4v) is 2.91. The monoisotopic (exact) mass is 298 g/mol. The molecule has 0 radical (unpaired) electrons. The number of anilines is 1. The van der Waals surface area contributed by atoms with Gasteiger partial charge in [-0.05, 0) is 36.4 Å². The van der Waals surface area contributed by atoms with E-state index in [2.05, 4.69) is 6.07 Å². The van der Waals surface area contributed by atoms with Gasteiger partial charge in [0.2, 0.25) is 0 Å². The van der Waals surface area contributed by atoms with E-state index in [1.54, 1.807) is 23.9 Å².